The van der Waals surface area contributed by atoms with E-state index in [0.717, 1.165) is 16.9 Å². The topological polar surface area (TPSA) is 87.0 Å². The fraction of sp³-hybridized carbons (Fsp3) is 0.200. The van der Waals surface area contributed by atoms with Crippen molar-refractivity contribution in [3.63, 3.8) is 0 Å². The van der Waals surface area contributed by atoms with Gasteiger partial charge in [0.15, 0.2) is 11.5 Å². The molecule has 0 atom stereocenters. The molecule has 0 saturated carbocycles. The lowest BCUT2D eigenvalue weighted by molar-refractivity contribution is -0.132. The molecule has 2 aromatic heterocycles. The normalized spacial score (nSPS) is 11.7. The van der Waals surface area contributed by atoms with Crippen molar-refractivity contribution in [1.82, 2.24) is 9.38 Å². The van der Waals surface area contributed by atoms with Gasteiger partial charge in [-0.2, -0.15) is 4.98 Å². The molecule has 2 heterocycles. The first-order valence-electron chi connectivity index (χ1n) is 10.4. The van der Waals surface area contributed by atoms with Gasteiger partial charge >= 0.3 is 5.97 Å². The monoisotopic (exact) mass is 462 g/mol. The average Bonchev–Trinajstić information content (AvgIpc) is 3.08. The minimum Gasteiger partial charge on any atom is -0.490 e. The van der Waals surface area contributed by atoms with Crippen molar-refractivity contribution >= 4 is 28.3 Å². The van der Waals surface area contributed by atoms with Crippen LogP contribution in [-0.2, 0) is 11.2 Å². The Balaban J connectivity index is 1.81. The smallest absolute Gasteiger partial charge is 0.308 e. The van der Waals surface area contributed by atoms with Crippen LogP contribution in [0, 0.1) is 6.92 Å². The molecule has 0 spiro atoms. The minimum absolute atomic E-state index is 0.240. The van der Waals surface area contributed by atoms with Crippen LogP contribution in [0.4, 0.5) is 0 Å². The van der Waals surface area contributed by atoms with Gasteiger partial charge in [-0.15, -0.1) is 0 Å². The second kappa shape index (κ2) is 9.38. The quantitative estimate of drug-likeness (QED) is 0.324. The summed E-state index contributed by atoms with van der Waals surface area (Å²) in [4.78, 5) is 41.7. The number of thiazole rings is 1. The van der Waals surface area contributed by atoms with Gasteiger partial charge in [-0.05, 0) is 43.2 Å². The predicted molar refractivity (Wildman–Crippen MR) is 127 cm³/mol. The van der Waals surface area contributed by atoms with E-state index < -0.39 is 5.97 Å². The second-order valence-electron chi connectivity index (χ2n) is 7.41. The molecular weight excluding hydrogens is 440 g/mol. The maximum absolute atomic E-state index is 13.2. The third-order valence-electron chi connectivity index (χ3n) is 5.08. The Morgan fingerprint density at radius 3 is 2.58 bits per heavy atom. The molecule has 0 aliphatic rings. The van der Waals surface area contributed by atoms with E-state index in [1.165, 1.54) is 11.3 Å². The number of hydrogen-bond donors (Lipinski definition) is 0. The first-order valence-corrected chi connectivity index (χ1v) is 11.2. The fourth-order valence-electron chi connectivity index (χ4n) is 3.57. The maximum atomic E-state index is 13.2. The van der Waals surface area contributed by atoms with Crippen LogP contribution in [-0.4, -0.2) is 22.0 Å². The second-order valence-corrected chi connectivity index (χ2v) is 8.42. The molecule has 2 aromatic carbocycles. The number of rotatable bonds is 6. The summed E-state index contributed by atoms with van der Waals surface area (Å²) >= 11 is 1.15. The highest BCUT2D eigenvalue weighted by molar-refractivity contribution is 7.15. The molecule has 0 amide bonds. The van der Waals surface area contributed by atoms with Gasteiger partial charge in [0.25, 0.3) is 11.1 Å². The molecule has 0 bridgehead atoms. The number of aryl methyl sites for hydroxylation is 1. The Labute approximate surface area is 193 Å². The zero-order chi connectivity index (χ0) is 23.5. The van der Waals surface area contributed by atoms with Crippen molar-refractivity contribution < 1.29 is 14.3 Å². The van der Waals surface area contributed by atoms with Gasteiger partial charge in [-0.25, -0.2) is 0 Å². The summed E-state index contributed by atoms with van der Waals surface area (Å²) in [6.07, 6.45) is 2.12. The van der Waals surface area contributed by atoms with E-state index in [1.807, 2.05) is 37.3 Å². The van der Waals surface area contributed by atoms with E-state index in [4.69, 9.17) is 9.47 Å². The summed E-state index contributed by atoms with van der Waals surface area (Å²) in [5.74, 6) is 0.272. The molecule has 0 fully saturated rings. The molecule has 0 saturated heterocycles. The van der Waals surface area contributed by atoms with E-state index in [-0.39, 0.29) is 11.1 Å². The number of carbonyl (C=O) groups excluding carboxylic acids is 1. The van der Waals surface area contributed by atoms with Crippen LogP contribution < -0.4 is 25.1 Å². The molecule has 8 heteroatoms. The number of esters is 1. The molecule has 0 radical (unpaired) electrons. The summed E-state index contributed by atoms with van der Waals surface area (Å²) in [6.45, 7) is 5.31. The van der Waals surface area contributed by atoms with Crippen molar-refractivity contribution in [2.24, 2.45) is 0 Å². The number of ether oxygens (including phenoxy) is 2. The van der Waals surface area contributed by atoms with E-state index in [1.54, 1.807) is 31.2 Å². The molecule has 0 unspecified atom stereocenters. The van der Waals surface area contributed by atoms with Crippen LogP contribution in [0.3, 0.4) is 0 Å². The number of aromatic nitrogens is 2. The van der Waals surface area contributed by atoms with Crippen molar-refractivity contribution in [1.29, 1.82) is 0 Å². The van der Waals surface area contributed by atoms with Gasteiger partial charge in [-0.3, -0.25) is 18.8 Å². The number of fused-ring (bicyclic) bond motifs is 1. The molecule has 33 heavy (non-hydrogen) atoms. The van der Waals surface area contributed by atoms with Gasteiger partial charge in [0.05, 0.1) is 11.1 Å². The largest absolute Gasteiger partial charge is 0.490 e. The molecule has 7 nitrogen and oxygen atoms in total. The highest BCUT2D eigenvalue weighted by Gasteiger charge is 2.15. The van der Waals surface area contributed by atoms with Gasteiger partial charge < -0.3 is 9.47 Å². The van der Waals surface area contributed by atoms with Crippen LogP contribution in [0.25, 0.3) is 11.0 Å². The summed E-state index contributed by atoms with van der Waals surface area (Å²) in [7, 11) is 0. The standard InChI is InChI=1S/C25H22N2O5S/c1-4-31-21-13-18(10-11-20(21)32-16(3)28)14-22-24(30)27-15(2)19(23(29)26-25(27)33-22)12-17-8-6-5-7-9-17/h5-11,13-14H,4,12H2,1-3H3/b22-14-. The molecule has 4 rings (SSSR count). The van der Waals surface area contributed by atoms with Crippen molar-refractivity contribution in [3.8, 4) is 11.5 Å². The van der Waals surface area contributed by atoms with Crippen LogP contribution >= 0.6 is 11.3 Å². The van der Waals surface area contributed by atoms with Crippen molar-refractivity contribution in [2.75, 3.05) is 6.61 Å². The van der Waals surface area contributed by atoms with Gasteiger partial charge in [-0.1, -0.05) is 47.7 Å². The Hall–Kier alpha value is -3.78. The number of benzene rings is 2. The Bertz CT molecular complexity index is 1510. The molecule has 168 valence electrons. The van der Waals surface area contributed by atoms with Crippen molar-refractivity contribution in [2.45, 2.75) is 27.2 Å². The Kier molecular flexibility index (Phi) is 6.37. The summed E-state index contributed by atoms with van der Waals surface area (Å²) in [5, 5.41) is 0. The number of nitrogens with zero attached hydrogens (tertiary/aromatic N) is 2. The molecule has 0 N–H and O–H groups in total. The molecule has 4 aromatic rings. The minimum atomic E-state index is -0.447. The highest BCUT2D eigenvalue weighted by atomic mass is 32.1. The third kappa shape index (κ3) is 4.70. The summed E-state index contributed by atoms with van der Waals surface area (Å²) in [6, 6.07) is 14.7. The lowest BCUT2D eigenvalue weighted by Gasteiger charge is -2.10. The predicted octanol–water partition coefficient (Wildman–Crippen LogP) is 2.89. The van der Waals surface area contributed by atoms with Crippen LogP contribution in [0.1, 0.15) is 36.2 Å². The molecule has 0 aliphatic heterocycles. The van der Waals surface area contributed by atoms with Gasteiger partial charge in [0.1, 0.15) is 0 Å². The third-order valence-corrected chi connectivity index (χ3v) is 6.05. The van der Waals surface area contributed by atoms with Gasteiger partial charge in [0, 0.05) is 24.6 Å². The van der Waals surface area contributed by atoms with E-state index in [0.29, 0.717) is 50.8 Å². The summed E-state index contributed by atoms with van der Waals surface area (Å²) in [5.41, 5.74) is 2.21. The Morgan fingerprint density at radius 2 is 1.88 bits per heavy atom. The van der Waals surface area contributed by atoms with E-state index in [9.17, 15) is 14.4 Å². The zero-order valence-corrected chi connectivity index (χ0v) is 19.3. The van der Waals surface area contributed by atoms with Crippen LogP contribution in [0.15, 0.2) is 58.1 Å². The molecular formula is C25H22N2O5S. The van der Waals surface area contributed by atoms with Gasteiger partial charge in [0.2, 0.25) is 4.96 Å². The average molecular weight is 463 g/mol. The first-order chi connectivity index (χ1) is 15.9. The van der Waals surface area contributed by atoms with E-state index >= 15 is 0 Å². The Morgan fingerprint density at radius 1 is 1.12 bits per heavy atom. The maximum Gasteiger partial charge on any atom is 0.308 e. The zero-order valence-electron chi connectivity index (χ0n) is 18.5. The SMILES string of the molecule is CCOc1cc(/C=c2\sc3nc(=O)c(Cc4ccccc4)c(C)n3c2=O)ccc1OC(C)=O. The lowest BCUT2D eigenvalue weighted by atomic mass is 10.1. The number of hydrogen-bond acceptors (Lipinski definition) is 7. The fourth-order valence-corrected chi connectivity index (χ4v) is 4.58. The van der Waals surface area contributed by atoms with Crippen LogP contribution in [0.5, 0.6) is 11.5 Å². The first kappa shape index (κ1) is 22.4. The van der Waals surface area contributed by atoms with Crippen molar-refractivity contribution in [3.05, 3.63) is 96.2 Å². The molecule has 0 aliphatic carbocycles. The summed E-state index contributed by atoms with van der Waals surface area (Å²) < 4.78 is 12.7. The lowest BCUT2D eigenvalue weighted by Crippen LogP contribution is -2.27. The number of carbonyl (C=O) groups is 1. The van der Waals surface area contributed by atoms with Crippen LogP contribution in [0.2, 0.25) is 0 Å². The van der Waals surface area contributed by atoms with E-state index in [2.05, 4.69) is 4.98 Å². The highest BCUT2D eigenvalue weighted by Crippen LogP contribution is 2.29.